The molecule has 6 heteroatoms. The van der Waals surface area contributed by atoms with Crippen molar-refractivity contribution in [3.05, 3.63) is 30.1 Å². The fraction of sp³-hybridized carbons (Fsp3) is 0.600. The molecular weight excluding hydrogens is 268 g/mol. The van der Waals surface area contributed by atoms with Crippen molar-refractivity contribution in [1.29, 1.82) is 0 Å². The van der Waals surface area contributed by atoms with Crippen LogP contribution in [0.4, 0.5) is 0 Å². The number of methoxy groups -OCH3 is 1. The van der Waals surface area contributed by atoms with E-state index in [1.807, 2.05) is 17.2 Å². The van der Waals surface area contributed by atoms with Gasteiger partial charge in [-0.25, -0.2) is 0 Å². The summed E-state index contributed by atoms with van der Waals surface area (Å²) in [7, 11) is 1.62. The second-order valence-corrected chi connectivity index (χ2v) is 5.35. The summed E-state index contributed by atoms with van der Waals surface area (Å²) in [6.07, 6.45) is 4.24. The van der Waals surface area contributed by atoms with Crippen LogP contribution < -0.4 is 5.73 Å². The fourth-order valence-corrected chi connectivity index (χ4v) is 2.48. The molecule has 0 bridgehead atoms. The Labute approximate surface area is 125 Å². The molecule has 0 aliphatic carbocycles. The molecule has 2 N–H and O–H groups in total. The van der Waals surface area contributed by atoms with E-state index in [9.17, 15) is 4.79 Å². The van der Waals surface area contributed by atoms with Crippen LogP contribution in [0.1, 0.15) is 12.0 Å². The summed E-state index contributed by atoms with van der Waals surface area (Å²) in [5, 5.41) is 0. The lowest BCUT2D eigenvalue weighted by molar-refractivity contribution is -0.134. The van der Waals surface area contributed by atoms with Gasteiger partial charge in [-0.1, -0.05) is 6.07 Å². The molecule has 1 aromatic heterocycles. The van der Waals surface area contributed by atoms with E-state index in [-0.39, 0.29) is 5.91 Å². The zero-order valence-corrected chi connectivity index (χ0v) is 12.6. The molecule has 0 aromatic carbocycles. The van der Waals surface area contributed by atoms with Crippen LogP contribution in [0.15, 0.2) is 24.5 Å². The monoisotopic (exact) mass is 292 g/mol. The molecule has 2 heterocycles. The molecule has 2 rings (SSSR count). The van der Waals surface area contributed by atoms with Crippen LogP contribution in [0.2, 0.25) is 0 Å². The highest BCUT2D eigenvalue weighted by Crippen LogP contribution is 2.09. The van der Waals surface area contributed by atoms with Gasteiger partial charge >= 0.3 is 0 Å². The standard InChI is InChI=1S/C15H24N4O2/c1-21-10-4-14(16)15(20)19-8-6-18(7-9-19)12-13-3-2-5-17-11-13/h2-3,5,11,14H,4,6-10,12,16H2,1H3. The van der Waals surface area contributed by atoms with E-state index in [4.69, 9.17) is 10.5 Å². The molecule has 1 fully saturated rings. The van der Waals surface area contributed by atoms with Crippen molar-refractivity contribution < 1.29 is 9.53 Å². The predicted molar refractivity (Wildman–Crippen MR) is 80.6 cm³/mol. The summed E-state index contributed by atoms with van der Waals surface area (Å²) >= 11 is 0. The van der Waals surface area contributed by atoms with Crippen LogP contribution in [0, 0.1) is 0 Å². The van der Waals surface area contributed by atoms with E-state index in [1.165, 1.54) is 5.56 Å². The van der Waals surface area contributed by atoms with Gasteiger partial charge in [-0.2, -0.15) is 0 Å². The van der Waals surface area contributed by atoms with Crippen molar-refractivity contribution in [2.45, 2.75) is 19.0 Å². The lowest BCUT2D eigenvalue weighted by Gasteiger charge is -2.35. The molecule has 1 aliphatic heterocycles. The summed E-state index contributed by atoms with van der Waals surface area (Å²) in [4.78, 5) is 20.5. The molecule has 1 saturated heterocycles. The number of rotatable bonds is 6. The molecule has 0 radical (unpaired) electrons. The van der Waals surface area contributed by atoms with Crippen LogP contribution in [-0.2, 0) is 16.1 Å². The third kappa shape index (κ3) is 4.77. The molecule has 116 valence electrons. The maximum atomic E-state index is 12.2. The zero-order valence-electron chi connectivity index (χ0n) is 12.6. The Bertz CT molecular complexity index is 433. The van der Waals surface area contributed by atoms with Crippen LogP contribution >= 0.6 is 0 Å². The molecule has 6 nitrogen and oxygen atoms in total. The van der Waals surface area contributed by atoms with Gasteiger partial charge in [-0.05, 0) is 18.1 Å². The highest BCUT2D eigenvalue weighted by Gasteiger charge is 2.24. The number of hydrogen-bond acceptors (Lipinski definition) is 5. The smallest absolute Gasteiger partial charge is 0.239 e. The van der Waals surface area contributed by atoms with E-state index in [0.29, 0.717) is 13.0 Å². The van der Waals surface area contributed by atoms with E-state index in [2.05, 4.69) is 16.0 Å². The number of nitrogens with zero attached hydrogens (tertiary/aromatic N) is 3. The van der Waals surface area contributed by atoms with Gasteiger partial charge in [0.1, 0.15) is 0 Å². The van der Waals surface area contributed by atoms with Crippen LogP contribution in [0.25, 0.3) is 0 Å². The van der Waals surface area contributed by atoms with Crippen LogP contribution in [0.3, 0.4) is 0 Å². The van der Waals surface area contributed by atoms with Gasteiger partial charge in [-0.15, -0.1) is 0 Å². The van der Waals surface area contributed by atoms with Gasteiger partial charge in [0.2, 0.25) is 5.91 Å². The second-order valence-electron chi connectivity index (χ2n) is 5.35. The number of carbonyl (C=O) groups excluding carboxylic acids is 1. The lowest BCUT2D eigenvalue weighted by atomic mass is 10.1. The van der Waals surface area contributed by atoms with Gasteiger partial charge in [0.25, 0.3) is 0 Å². The molecule has 1 atom stereocenters. The summed E-state index contributed by atoms with van der Waals surface area (Å²) in [5.74, 6) is 0.0353. The van der Waals surface area contributed by atoms with Crippen molar-refractivity contribution in [3.8, 4) is 0 Å². The summed E-state index contributed by atoms with van der Waals surface area (Å²) in [5.41, 5.74) is 7.10. The summed E-state index contributed by atoms with van der Waals surface area (Å²) in [6, 6.07) is 3.57. The number of carbonyl (C=O) groups is 1. The predicted octanol–water partition coefficient (Wildman–Crippen LogP) is 0.0896. The summed E-state index contributed by atoms with van der Waals surface area (Å²) in [6.45, 7) is 4.62. The lowest BCUT2D eigenvalue weighted by Crippen LogP contribution is -2.53. The molecule has 0 saturated carbocycles. The number of hydrogen-bond donors (Lipinski definition) is 1. The number of pyridine rings is 1. The normalized spacial score (nSPS) is 17.7. The first-order valence-corrected chi connectivity index (χ1v) is 7.35. The minimum atomic E-state index is -0.449. The SMILES string of the molecule is COCCC(N)C(=O)N1CCN(Cc2cccnc2)CC1. The number of ether oxygens (including phenoxy) is 1. The fourth-order valence-electron chi connectivity index (χ4n) is 2.48. The van der Waals surface area contributed by atoms with E-state index >= 15 is 0 Å². The largest absolute Gasteiger partial charge is 0.385 e. The third-order valence-corrected chi connectivity index (χ3v) is 3.76. The van der Waals surface area contributed by atoms with Crippen molar-refractivity contribution in [2.75, 3.05) is 39.9 Å². The molecule has 0 spiro atoms. The topological polar surface area (TPSA) is 71.7 Å². The van der Waals surface area contributed by atoms with Crippen LogP contribution in [-0.4, -0.2) is 66.6 Å². The number of amides is 1. The highest BCUT2D eigenvalue weighted by atomic mass is 16.5. The third-order valence-electron chi connectivity index (χ3n) is 3.76. The minimum Gasteiger partial charge on any atom is -0.385 e. The maximum Gasteiger partial charge on any atom is 0.239 e. The molecule has 1 amide bonds. The molecular formula is C15H24N4O2. The van der Waals surface area contributed by atoms with Crippen LogP contribution in [0.5, 0.6) is 0 Å². The maximum absolute atomic E-state index is 12.2. The Morgan fingerprint density at radius 2 is 2.19 bits per heavy atom. The van der Waals surface area contributed by atoms with Gasteiger partial charge in [-0.3, -0.25) is 14.7 Å². The molecule has 1 aromatic rings. The van der Waals surface area contributed by atoms with Crippen molar-refractivity contribution >= 4 is 5.91 Å². The van der Waals surface area contributed by atoms with E-state index < -0.39 is 6.04 Å². The van der Waals surface area contributed by atoms with Gasteiger partial charge < -0.3 is 15.4 Å². The zero-order chi connectivity index (χ0) is 15.1. The first-order valence-electron chi connectivity index (χ1n) is 7.35. The molecule has 1 aliphatic rings. The summed E-state index contributed by atoms with van der Waals surface area (Å²) < 4.78 is 4.97. The van der Waals surface area contributed by atoms with Gasteiger partial charge in [0.05, 0.1) is 6.04 Å². The number of aromatic nitrogens is 1. The number of piperazine rings is 1. The van der Waals surface area contributed by atoms with Crippen molar-refractivity contribution in [1.82, 2.24) is 14.8 Å². The molecule has 21 heavy (non-hydrogen) atoms. The second kappa shape index (κ2) is 8.07. The molecule has 1 unspecified atom stereocenters. The Morgan fingerprint density at radius 1 is 1.43 bits per heavy atom. The Kier molecular flexibility index (Phi) is 6.10. The Morgan fingerprint density at radius 3 is 2.81 bits per heavy atom. The van der Waals surface area contributed by atoms with E-state index in [0.717, 1.165) is 32.7 Å². The average Bonchev–Trinajstić information content (AvgIpc) is 2.53. The quantitative estimate of drug-likeness (QED) is 0.804. The van der Waals surface area contributed by atoms with Gasteiger partial charge in [0, 0.05) is 58.8 Å². The van der Waals surface area contributed by atoms with Crippen molar-refractivity contribution in [2.24, 2.45) is 5.73 Å². The highest BCUT2D eigenvalue weighted by molar-refractivity contribution is 5.81. The number of nitrogens with two attached hydrogens (primary N) is 1. The van der Waals surface area contributed by atoms with Gasteiger partial charge in [0.15, 0.2) is 0 Å². The Balaban J connectivity index is 1.76. The minimum absolute atomic E-state index is 0.0353. The Hall–Kier alpha value is -1.50. The first kappa shape index (κ1) is 15.9. The average molecular weight is 292 g/mol. The van der Waals surface area contributed by atoms with Crippen molar-refractivity contribution in [3.63, 3.8) is 0 Å². The first-order chi connectivity index (χ1) is 10.2. The van der Waals surface area contributed by atoms with E-state index in [1.54, 1.807) is 13.3 Å².